The number of carbonyl (C=O) groups excluding carboxylic acids is 2. The van der Waals surface area contributed by atoms with E-state index in [0.29, 0.717) is 17.8 Å². The average Bonchev–Trinajstić information content (AvgIpc) is 2.85. The topological polar surface area (TPSA) is 73.9 Å². The van der Waals surface area contributed by atoms with Crippen LogP contribution in [0.1, 0.15) is 35.2 Å². The fourth-order valence-corrected chi connectivity index (χ4v) is 4.74. The number of anilines is 1. The zero-order valence-corrected chi connectivity index (χ0v) is 20.5. The number of hydrogen-bond donors (Lipinski definition) is 2. The number of amides is 2. The predicted molar refractivity (Wildman–Crippen MR) is 134 cm³/mol. The van der Waals surface area contributed by atoms with E-state index in [1.54, 1.807) is 0 Å². The van der Waals surface area contributed by atoms with Crippen LogP contribution in [-0.2, 0) is 16.0 Å². The SMILES string of the molecule is CCc1ccc(C2NC(=O)NC(CN3CCN(c4cccc(C)c4C)CC3)=C2C(=O)OC)cc1. The third-order valence-electron chi connectivity index (χ3n) is 6.95. The molecule has 0 bridgehead atoms. The third kappa shape index (κ3) is 4.94. The largest absolute Gasteiger partial charge is 0.466 e. The van der Waals surface area contributed by atoms with Gasteiger partial charge in [0, 0.05) is 44.1 Å². The molecule has 7 heteroatoms. The Kier molecular flexibility index (Phi) is 7.22. The maximum Gasteiger partial charge on any atom is 0.338 e. The summed E-state index contributed by atoms with van der Waals surface area (Å²) in [5.74, 6) is -0.430. The van der Waals surface area contributed by atoms with E-state index in [2.05, 4.69) is 59.4 Å². The molecule has 0 radical (unpaired) electrons. The lowest BCUT2D eigenvalue weighted by Crippen LogP contribution is -2.51. The first-order valence-corrected chi connectivity index (χ1v) is 11.9. The normalized spacial score (nSPS) is 19.0. The van der Waals surface area contributed by atoms with Crippen molar-refractivity contribution in [2.75, 3.05) is 44.7 Å². The van der Waals surface area contributed by atoms with Crippen LogP contribution in [0.3, 0.4) is 0 Å². The Bertz CT molecular complexity index is 1090. The molecule has 1 saturated heterocycles. The van der Waals surface area contributed by atoms with Crippen molar-refractivity contribution < 1.29 is 14.3 Å². The summed E-state index contributed by atoms with van der Waals surface area (Å²) in [7, 11) is 1.38. The highest BCUT2D eigenvalue weighted by Gasteiger charge is 2.34. The Hall–Kier alpha value is -3.32. The van der Waals surface area contributed by atoms with Gasteiger partial charge >= 0.3 is 12.0 Å². The van der Waals surface area contributed by atoms with Crippen LogP contribution in [0.4, 0.5) is 10.5 Å². The van der Waals surface area contributed by atoms with Gasteiger partial charge in [-0.05, 0) is 48.6 Å². The monoisotopic (exact) mass is 462 g/mol. The standard InChI is InChI=1S/C27H34N4O3/c1-5-20-9-11-21(12-10-20)25-24(26(32)34-4)22(28-27(33)29-25)17-30-13-15-31(16-14-30)23-8-6-7-18(2)19(23)3/h6-12,25H,5,13-17H2,1-4H3,(H2,28,29,33). The summed E-state index contributed by atoms with van der Waals surface area (Å²) in [6.45, 7) is 10.3. The molecule has 2 aliphatic heterocycles. The van der Waals surface area contributed by atoms with E-state index in [1.807, 2.05) is 24.3 Å². The predicted octanol–water partition coefficient (Wildman–Crippen LogP) is 3.47. The Labute approximate surface area is 201 Å². The van der Waals surface area contributed by atoms with E-state index in [-0.39, 0.29) is 6.03 Å². The van der Waals surface area contributed by atoms with Crippen LogP contribution in [0.2, 0.25) is 0 Å². The van der Waals surface area contributed by atoms with Crippen molar-refractivity contribution in [3.8, 4) is 0 Å². The van der Waals surface area contributed by atoms with Crippen LogP contribution in [0, 0.1) is 13.8 Å². The Morgan fingerprint density at radius 2 is 1.76 bits per heavy atom. The van der Waals surface area contributed by atoms with E-state index < -0.39 is 12.0 Å². The first kappa shape index (κ1) is 23.8. The number of nitrogens with zero attached hydrogens (tertiary/aromatic N) is 2. The number of piperazine rings is 1. The Balaban J connectivity index is 1.54. The maximum atomic E-state index is 12.8. The van der Waals surface area contributed by atoms with Crippen molar-refractivity contribution in [2.45, 2.75) is 33.2 Å². The molecule has 2 heterocycles. The molecule has 34 heavy (non-hydrogen) atoms. The van der Waals surface area contributed by atoms with Crippen LogP contribution < -0.4 is 15.5 Å². The number of hydrogen-bond acceptors (Lipinski definition) is 5. The van der Waals surface area contributed by atoms with Crippen molar-refractivity contribution in [1.29, 1.82) is 0 Å². The van der Waals surface area contributed by atoms with Gasteiger partial charge in [0.15, 0.2) is 0 Å². The molecule has 0 saturated carbocycles. The number of ether oxygens (including phenoxy) is 1. The molecular weight excluding hydrogens is 428 g/mol. The molecule has 7 nitrogen and oxygen atoms in total. The summed E-state index contributed by atoms with van der Waals surface area (Å²) in [5.41, 5.74) is 7.03. The van der Waals surface area contributed by atoms with Crippen LogP contribution in [0.15, 0.2) is 53.7 Å². The molecule has 2 N–H and O–H groups in total. The van der Waals surface area contributed by atoms with Gasteiger partial charge < -0.3 is 20.3 Å². The molecule has 0 aliphatic carbocycles. The van der Waals surface area contributed by atoms with Crippen LogP contribution in [-0.4, -0.2) is 56.7 Å². The van der Waals surface area contributed by atoms with Crippen molar-refractivity contribution in [1.82, 2.24) is 15.5 Å². The Morgan fingerprint density at radius 3 is 2.41 bits per heavy atom. The van der Waals surface area contributed by atoms with Gasteiger partial charge in [-0.1, -0.05) is 43.3 Å². The molecule has 4 rings (SSSR count). The van der Waals surface area contributed by atoms with Gasteiger partial charge in [0.05, 0.1) is 18.7 Å². The molecule has 2 aromatic rings. The molecule has 1 unspecified atom stereocenters. The van der Waals surface area contributed by atoms with Gasteiger partial charge in [0.2, 0.25) is 0 Å². The third-order valence-corrected chi connectivity index (χ3v) is 6.95. The maximum absolute atomic E-state index is 12.8. The van der Waals surface area contributed by atoms with Gasteiger partial charge in [-0.25, -0.2) is 9.59 Å². The highest BCUT2D eigenvalue weighted by molar-refractivity contribution is 5.95. The average molecular weight is 463 g/mol. The first-order valence-electron chi connectivity index (χ1n) is 11.9. The van der Waals surface area contributed by atoms with Crippen molar-refractivity contribution >= 4 is 17.7 Å². The molecule has 1 atom stereocenters. The fraction of sp³-hybridized carbons (Fsp3) is 0.407. The number of nitrogens with one attached hydrogen (secondary N) is 2. The Morgan fingerprint density at radius 1 is 1.06 bits per heavy atom. The number of aryl methyl sites for hydroxylation is 2. The van der Waals surface area contributed by atoms with Crippen molar-refractivity contribution in [2.24, 2.45) is 0 Å². The molecule has 2 aromatic carbocycles. The second-order valence-electron chi connectivity index (χ2n) is 8.99. The summed E-state index contributed by atoms with van der Waals surface area (Å²) >= 11 is 0. The number of benzene rings is 2. The molecule has 2 amide bonds. The van der Waals surface area contributed by atoms with Gasteiger partial charge in [-0.3, -0.25) is 4.90 Å². The minimum absolute atomic E-state index is 0.304. The molecule has 2 aliphatic rings. The smallest absolute Gasteiger partial charge is 0.338 e. The minimum Gasteiger partial charge on any atom is -0.466 e. The van der Waals surface area contributed by atoms with Crippen LogP contribution in [0.25, 0.3) is 0 Å². The van der Waals surface area contributed by atoms with E-state index in [9.17, 15) is 9.59 Å². The molecule has 1 fully saturated rings. The second kappa shape index (κ2) is 10.3. The summed E-state index contributed by atoms with van der Waals surface area (Å²) in [6, 6.07) is 13.6. The van der Waals surface area contributed by atoms with Gasteiger partial charge in [0.1, 0.15) is 0 Å². The summed E-state index contributed by atoms with van der Waals surface area (Å²) in [4.78, 5) is 30.1. The summed E-state index contributed by atoms with van der Waals surface area (Å²) in [5, 5.41) is 5.79. The highest BCUT2D eigenvalue weighted by Crippen LogP contribution is 2.29. The van der Waals surface area contributed by atoms with E-state index in [0.717, 1.165) is 38.2 Å². The minimum atomic E-state index is -0.543. The summed E-state index contributed by atoms with van der Waals surface area (Å²) < 4.78 is 5.13. The fourth-order valence-electron chi connectivity index (χ4n) is 4.74. The molecule has 0 spiro atoms. The number of carbonyl (C=O) groups is 2. The lowest BCUT2D eigenvalue weighted by Gasteiger charge is -2.38. The second-order valence-corrected chi connectivity index (χ2v) is 8.99. The van der Waals surface area contributed by atoms with Gasteiger partial charge in [-0.15, -0.1) is 0 Å². The highest BCUT2D eigenvalue weighted by atomic mass is 16.5. The van der Waals surface area contributed by atoms with Crippen LogP contribution in [0.5, 0.6) is 0 Å². The first-order chi connectivity index (χ1) is 16.4. The number of urea groups is 1. The number of methoxy groups -OCH3 is 1. The van der Waals surface area contributed by atoms with Crippen LogP contribution >= 0.6 is 0 Å². The van der Waals surface area contributed by atoms with E-state index >= 15 is 0 Å². The molecule has 0 aromatic heterocycles. The zero-order chi connectivity index (χ0) is 24.2. The number of rotatable bonds is 6. The van der Waals surface area contributed by atoms with Gasteiger partial charge in [-0.2, -0.15) is 0 Å². The number of esters is 1. The molecule has 180 valence electrons. The summed E-state index contributed by atoms with van der Waals surface area (Å²) in [6.07, 6.45) is 0.928. The van der Waals surface area contributed by atoms with E-state index in [1.165, 1.54) is 29.5 Å². The van der Waals surface area contributed by atoms with Crippen molar-refractivity contribution in [3.05, 3.63) is 76.0 Å². The quantitative estimate of drug-likeness (QED) is 0.643. The lowest BCUT2D eigenvalue weighted by atomic mass is 9.94. The zero-order valence-electron chi connectivity index (χ0n) is 20.5. The van der Waals surface area contributed by atoms with E-state index in [4.69, 9.17) is 4.74 Å². The molecular formula is C27H34N4O3. The van der Waals surface area contributed by atoms with Gasteiger partial charge in [0.25, 0.3) is 0 Å². The lowest BCUT2D eigenvalue weighted by molar-refractivity contribution is -0.136. The van der Waals surface area contributed by atoms with Crippen molar-refractivity contribution in [3.63, 3.8) is 0 Å².